The van der Waals surface area contributed by atoms with Crippen molar-refractivity contribution < 1.29 is 19.4 Å². The first kappa shape index (κ1) is 23.1. The molecule has 0 spiro atoms. The average molecular weight is 476 g/mol. The van der Waals surface area contributed by atoms with E-state index in [1.807, 2.05) is 53.4 Å². The van der Waals surface area contributed by atoms with Crippen molar-refractivity contribution in [3.63, 3.8) is 0 Å². The SMILES string of the molecule is C[C@]1(CC(=O)O)CC(c2cccc(Cl)c2)[C@@H](c2ccc(Cl)cc2)N([C@H]2CCCOC2)C1=O. The summed E-state index contributed by atoms with van der Waals surface area (Å²) in [6.07, 6.45) is 1.87. The van der Waals surface area contributed by atoms with Gasteiger partial charge in [-0.15, -0.1) is 0 Å². The Labute approximate surface area is 198 Å². The highest BCUT2D eigenvalue weighted by atomic mass is 35.5. The maximum Gasteiger partial charge on any atom is 0.304 e. The van der Waals surface area contributed by atoms with Crippen molar-refractivity contribution in [2.45, 2.75) is 50.6 Å². The number of ether oxygens (including phenoxy) is 1. The number of nitrogens with zero attached hydrogens (tertiary/aromatic N) is 1. The second kappa shape index (κ2) is 9.42. The third kappa shape index (κ3) is 4.66. The molecule has 0 radical (unpaired) electrons. The van der Waals surface area contributed by atoms with Gasteiger partial charge in [0.2, 0.25) is 5.91 Å². The first-order valence-electron chi connectivity index (χ1n) is 10.9. The second-order valence-corrected chi connectivity index (χ2v) is 9.95. The van der Waals surface area contributed by atoms with Crippen molar-refractivity contribution in [1.82, 2.24) is 4.90 Å². The molecular weight excluding hydrogens is 449 g/mol. The van der Waals surface area contributed by atoms with Crippen molar-refractivity contribution >= 4 is 35.1 Å². The Bertz CT molecular complexity index is 990. The average Bonchev–Trinajstić information content (AvgIpc) is 2.76. The molecule has 7 heteroatoms. The Morgan fingerprint density at radius 3 is 2.53 bits per heavy atom. The fourth-order valence-corrected chi connectivity index (χ4v) is 5.55. The molecule has 1 N–H and O–H groups in total. The molecule has 0 saturated carbocycles. The molecule has 2 aliphatic heterocycles. The van der Waals surface area contributed by atoms with Gasteiger partial charge in [0.15, 0.2) is 0 Å². The number of piperidine rings is 1. The number of halogens is 2. The maximum absolute atomic E-state index is 13.9. The van der Waals surface area contributed by atoms with Crippen molar-refractivity contribution in [1.29, 1.82) is 0 Å². The molecule has 4 atom stereocenters. The van der Waals surface area contributed by atoms with Gasteiger partial charge in [0.1, 0.15) is 0 Å². The molecule has 0 bridgehead atoms. The number of likely N-dealkylation sites (tertiary alicyclic amines) is 1. The Morgan fingerprint density at radius 2 is 1.91 bits per heavy atom. The zero-order valence-corrected chi connectivity index (χ0v) is 19.5. The summed E-state index contributed by atoms with van der Waals surface area (Å²) in [4.78, 5) is 27.6. The van der Waals surface area contributed by atoms with Crippen LogP contribution < -0.4 is 0 Å². The third-order valence-corrected chi connectivity index (χ3v) is 7.15. The highest BCUT2D eigenvalue weighted by Crippen LogP contribution is 2.52. The summed E-state index contributed by atoms with van der Waals surface area (Å²) in [5.41, 5.74) is 0.929. The minimum atomic E-state index is -1.03. The molecule has 1 unspecified atom stereocenters. The summed E-state index contributed by atoms with van der Waals surface area (Å²) >= 11 is 12.5. The lowest BCUT2D eigenvalue weighted by Gasteiger charge is -2.52. The second-order valence-electron chi connectivity index (χ2n) is 9.08. The van der Waals surface area contributed by atoms with E-state index < -0.39 is 11.4 Å². The van der Waals surface area contributed by atoms with Gasteiger partial charge in [0.25, 0.3) is 0 Å². The van der Waals surface area contributed by atoms with Gasteiger partial charge in [0.05, 0.1) is 30.5 Å². The zero-order valence-electron chi connectivity index (χ0n) is 18.0. The molecule has 1 amide bonds. The van der Waals surface area contributed by atoms with Crippen LogP contribution in [0.4, 0.5) is 0 Å². The van der Waals surface area contributed by atoms with Gasteiger partial charge in [0, 0.05) is 22.6 Å². The van der Waals surface area contributed by atoms with Gasteiger partial charge in [-0.25, -0.2) is 0 Å². The van der Waals surface area contributed by atoms with Crippen LogP contribution in [0.5, 0.6) is 0 Å². The molecule has 2 aliphatic rings. The van der Waals surface area contributed by atoms with Crippen LogP contribution in [0.1, 0.15) is 55.7 Å². The molecule has 32 heavy (non-hydrogen) atoms. The number of rotatable bonds is 5. The number of hydrogen-bond acceptors (Lipinski definition) is 3. The first-order valence-corrected chi connectivity index (χ1v) is 11.7. The number of hydrogen-bond donors (Lipinski definition) is 1. The number of aliphatic carboxylic acids is 1. The molecule has 2 aromatic carbocycles. The lowest BCUT2D eigenvalue weighted by molar-refractivity contribution is -0.163. The standard InChI is InChI=1S/C25H27Cl2NO4/c1-25(14-22(29)30)13-21(17-4-2-5-19(27)12-17)23(16-7-9-18(26)10-8-16)28(24(25)31)20-6-3-11-32-15-20/h2,4-5,7-10,12,20-21,23H,3,6,11,13-15H2,1H3,(H,29,30)/t20-,21?,23+,25+/m0/s1. The molecule has 2 saturated heterocycles. The Hall–Kier alpha value is -2.08. The molecule has 0 aromatic heterocycles. The van der Waals surface area contributed by atoms with E-state index >= 15 is 0 Å². The fraction of sp³-hybridized carbons (Fsp3) is 0.440. The summed E-state index contributed by atoms with van der Waals surface area (Å²) in [5, 5.41) is 10.9. The largest absolute Gasteiger partial charge is 0.481 e. The van der Waals surface area contributed by atoms with E-state index in [0.29, 0.717) is 29.7 Å². The Balaban J connectivity index is 1.87. The van der Waals surface area contributed by atoms with Crippen molar-refractivity contribution in [3.05, 3.63) is 69.7 Å². The van der Waals surface area contributed by atoms with Crippen LogP contribution in [0.3, 0.4) is 0 Å². The normalized spacial score (nSPS) is 28.5. The molecule has 170 valence electrons. The highest BCUT2D eigenvalue weighted by Gasteiger charge is 2.52. The van der Waals surface area contributed by atoms with Gasteiger partial charge in [-0.3, -0.25) is 9.59 Å². The number of carboxylic acid groups (broad SMARTS) is 1. The maximum atomic E-state index is 13.9. The number of carboxylic acids is 1. The first-order chi connectivity index (χ1) is 15.3. The number of benzene rings is 2. The van der Waals surface area contributed by atoms with Gasteiger partial charge < -0.3 is 14.7 Å². The van der Waals surface area contributed by atoms with Crippen LogP contribution in [0, 0.1) is 5.41 Å². The molecule has 2 fully saturated rings. The van der Waals surface area contributed by atoms with E-state index in [0.717, 1.165) is 24.0 Å². The van der Waals surface area contributed by atoms with E-state index in [-0.39, 0.29) is 30.3 Å². The van der Waals surface area contributed by atoms with Crippen LogP contribution in [0.25, 0.3) is 0 Å². The van der Waals surface area contributed by atoms with Crippen LogP contribution >= 0.6 is 23.2 Å². The highest BCUT2D eigenvalue weighted by molar-refractivity contribution is 6.30. The quantitative estimate of drug-likeness (QED) is 0.600. The Kier molecular flexibility index (Phi) is 6.80. The van der Waals surface area contributed by atoms with Crippen LogP contribution in [0.2, 0.25) is 10.0 Å². The fourth-order valence-electron chi connectivity index (χ4n) is 5.22. The summed E-state index contributed by atoms with van der Waals surface area (Å²) in [5.74, 6) is -1.23. The van der Waals surface area contributed by atoms with E-state index in [2.05, 4.69) is 0 Å². The van der Waals surface area contributed by atoms with Crippen LogP contribution in [0.15, 0.2) is 48.5 Å². The molecule has 2 heterocycles. The molecule has 4 rings (SSSR count). The molecular formula is C25H27Cl2NO4. The summed E-state index contributed by atoms with van der Waals surface area (Å²) in [6.45, 7) is 2.89. The lowest BCUT2D eigenvalue weighted by atomic mass is 9.67. The van der Waals surface area contributed by atoms with E-state index in [1.165, 1.54) is 0 Å². The van der Waals surface area contributed by atoms with Gasteiger partial charge in [-0.05, 0) is 54.7 Å². The topological polar surface area (TPSA) is 66.8 Å². The van der Waals surface area contributed by atoms with Crippen LogP contribution in [-0.2, 0) is 14.3 Å². The summed E-state index contributed by atoms with van der Waals surface area (Å²) < 4.78 is 5.74. The minimum absolute atomic E-state index is 0.118. The van der Waals surface area contributed by atoms with Gasteiger partial charge in [-0.1, -0.05) is 54.4 Å². The monoisotopic (exact) mass is 475 g/mol. The van der Waals surface area contributed by atoms with E-state index in [1.54, 1.807) is 6.92 Å². The lowest BCUT2D eigenvalue weighted by Crippen LogP contribution is -2.57. The smallest absolute Gasteiger partial charge is 0.304 e. The predicted molar refractivity (Wildman–Crippen MR) is 124 cm³/mol. The van der Waals surface area contributed by atoms with Crippen molar-refractivity contribution in [2.75, 3.05) is 13.2 Å². The number of amides is 1. The van der Waals surface area contributed by atoms with E-state index in [9.17, 15) is 14.7 Å². The third-order valence-electron chi connectivity index (χ3n) is 6.66. The molecule has 2 aromatic rings. The van der Waals surface area contributed by atoms with Crippen molar-refractivity contribution in [2.24, 2.45) is 5.41 Å². The van der Waals surface area contributed by atoms with Gasteiger partial charge >= 0.3 is 5.97 Å². The zero-order chi connectivity index (χ0) is 22.9. The van der Waals surface area contributed by atoms with Crippen LogP contribution in [-0.4, -0.2) is 41.1 Å². The molecule has 0 aliphatic carbocycles. The van der Waals surface area contributed by atoms with E-state index in [4.69, 9.17) is 27.9 Å². The summed E-state index contributed by atoms with van der Waals surface area (Å²) in [7, 11) is 0. The number of carbonyl (C=O) groups is 2. The van der Waals surface area contributed by atoms with Crippen molar-refractivity contribution in [3.8, 4) is 0 Å². The Morgan fingerprint density at radius 1 is 1.16 bits per heavy atom. The van der Waals surface area contributed by atoms with Gasteiger partial charge in [-0.2, -0.15) is 0 Å². The molecule has 5 nitrogen and oxygen atoms in total. The minimum Gasteiger partial charge on any atom is -0.481 e. The summed E-state index contributed by atoms with van der Waals surface area (Å²) in [6, 6.07) is 14.8. The number of carbonyl (C=O) groups excluding carboxylic acids is 1. The predicted octanol–water partition coefficient (Wildman–Crippen LogP) is 5.71.